The Kier molecular flexibility index (Phi) is 6.22. The van der Waals surface area contributed by atoms with Gasteiger partial charge in [0.25, 0.3) is 20.0 Å². The molecule has 0 aliphatic heterocycles. The van der Waals surface area contributed by atoms with Crippen molar-refractivity contribution in [2.24, 2.45) is 0 Å². The van der Waals surface area contributed by atoms with Crippen LogP contribution in [-0.2, 0) is 20.0 Å². The maximum atomic E-state index is 13.2. The summed E-state index contributed by atoms with van der Waals surface area (Å²) in [6.07, 6.45) is 0. The summed E-state index contributed by atoms with van der Waals surface area (Å²) in [6, 6.07) is 20.5. The zero-order valence-corrected chi connectivity index (χ0v) is 18.6. The van der Waals surface area contributed by atoms with Crippen LogP contribution in [0.3, 0.4) is 0 Å². The lowest BCUT2D eigenvalue weighted by Crippen LogP contribution is -2.33. The molecule has 0 aliphatic rings. The highest BCUT2D eigenvalue weighted by Crippen LogP contribution is 2.24. The molecule has 0 aliphatic carbocycles. The monoisotopic (exact) mass is 459 g/mol. The van der Waals surface area contributed by atoms with Gasteiger partial charge in [-0.2, -0.15) is 16.8 Å². The molecule has 0 radical (unpaired) electrons. The average molecular weight is 460 g/mol. The average Bonchev–Trinajstić information content (AvgIpc) is 2.68. The van der Waals surface area contributed by atoms with E-state index in [2.05, 4.69) is 12.0 Å². The smallest absolute Gasteiger partial charge is 0.199 e. The topological polar surface area (TPSA) is 71.5 Å². The van der Waals surface area contributed by atoms with Crippen molar-refractivity contribution in [2.45, 2.75) is 23.6 Å². The number of benzene rings is 3. The molecular weight excluding hydrogens is 442 g/mol. The van der Waals surface area contributed by atoms with Crippen molar-refractivity contribution < 1.29 is 16.8 Å². The molecule has 5 nitrogen and oxygen atoms in total. The third kappa shape index (κ3) is 4.68. The molecule has 3 rings (SSSR count). The van der Waals surface area contributed by atoms with Gasteiger partial charge in [-0.3, -0.25) is 0 Å². The Balaban J connectivity index is 2.18. The van der Waals surface area contributed by atoms with Gasteiger partial charge >= 0.3 is 0 Å². The quantitative estimate of drug-likeness (QED) is 0.429. The lowest BCUT2D eigenvalue weighted by Gasteiger charge is -2.18. The predicted molar refractivity (Wildman–Crippen MR) is 117 cm³/mol. The Hall–Kier alpha value is -2.79. The summed E-state index contributed by atoms with van der Waals surface area (Å²) in [5.74, 6) is 2.59. The van der Waals surface area contributed by atoms with Crippen molar-refractivity contribution in [3.63, 3.8) is 0 Å². The maximum Gasteiger partial charge on any atom is 0.284 e. The minimum atomic E-state index is -4.48. The predicted octanol–water partition coefficient (Wildman–Crippen LogP) is 4.35. The molecule has 0 spiro atoms. The van der Waals surface area contributed by atoms with Gasteiger partial charge in [-0.1, -0.05) is 53.1 Å². The van der Waals surface area contributed by atoms with E-state index in [1.165, 1.54) is 30.3 Å². The number of nitrogens with zero attached hydrogens (tertiary/aromatic N) is 1. The molecule has 0 atom stereocenters. The van der Waals surface area contributed by atoms with Crippen molar-refractivity contribution in [3.05, 3.63) is 94.5 Å². The zero-order chi connectivity index (χ0) is 21.9. The summed E-state index contributed by atoms with van der Waals surface area (Å²) in [4.78, 5) is -0.353. The van der Waals surface area contributed by atoms with Crippen LogP contribution >= 0.6 is 11.6 Å². The van der Waals surface area contributed by atoms with E-state index in [1.54, 1.807) is 56.3 Å². The van der Waals surface area contributed by atoms with Gasteiger partial charge in [-0.25, -0.2) is 0 Å². The second-order valence-electron chi connectivity index (χ2n) is 6.58. The first kappa shape index (κ1) is 21.9. The molecule has 0 N–H and O–H groups in total. The van der Waals surface area contributed by atoms with Crippen LogP contribution in [0.15, 0.2) is 82.6 Å². The first-order valence-electron chi connectivity index (χ1n) is 8.82. The van der Waals surface area contributed by atoms with Crippen LogP contribution in [0.2, 0.25) is 5.02 Å². The lowest BCUT2D eigenvalue weighted by molar-refractivity contribution is 0.542. The molecule has 3 aromatic rings. The van der Waals surface area contributed by atoms with E-state index in [-0.39, 0.29) is 13.5 Å². The van der Waals surface area contributed by atoms with Gasteiger partial charge in [0.05, 0.1) is 9.79 Å². The molecule has 3 aromatic carbocycles. The Bertz CT molecular complexity index is 1260. The van der Waals surface area contributed by atoms with Gasteiger partial charge in [0.2, 0.25) is 0 Å². The Labute approximate surface area is 182 Å². The molecule has 0 saturated carbocycles. The van der Waals surface area contributed by atoms with Gasteiger partial charge < -0.3 is 0 Å². The Morgan fingerprint density at radius 2 is 1.20 bits per heavy atom. The fourth-order valence-electron chi connectivity index (χ4n) is 2.54. The lowest BCUT2D eigenvalue weighted by atomic mass is 10.2. The highest BCUT2D eigenvalue weighted by molar-refractivity contribution is 8.04. The molecule has 30 heavy (non-hydrogen) atoms. The SMILES string of the molecule is Cc1ccc(S(=O)(=O)N(C#Cc2cccc(Cl)c2)S(=O)(=O)c2ccc(C)cc2)cc1. The second kappa shape index (κ2) is 8.52. The Morgan fingerprint density at radius 1 is 0.733 bits per heavy atom. The first-order valence-corrected chi connectivity index (χ1v) is 12.1. The van der Waals surface area contributed by atoms with Crippen LogP contribution in [0.5, 0.6) is 0 Å². The van der Waals surface area contributed by atoms with Gasteiger partial charge in [0.15, 0.2) is 0 Å². The zero-order valence-electron chi connectivity index (χ0n) is 16.2. The number of hydrogen-bond donors (Lipinski definition) is 0. The van der Waals surface area contributed by atoms with Crippen LogP contribution in [-0.4, -0.2) is 20.5 Å². The van der Waals surface area contributed by atoms with Gasteiger partial charge in [-0.05, 0) is 62.2 Å². The summed E-state index contributed by atoms with van der Waals surface area (Å²) in [7, 11) is -8.95. The third-order valence-electron chi connectivity index (χ3n) is 4.19. The van der Waals surface area contributed by atoms with Crippen LogP contribution in [0.25, 0.3) is 0 Å². The minimum Gasteiger partial charge on any atom is -0.199 e. The van der Waals surface area contributed by atoms with Gasteiger partial charge in [0.1, 0.15) is 0 Å². The number of aryl methyl sites for hydroxylation is 2. The molecule has 0 aromatic heterocycles. The highest BCUT2D eigenvalue weighted by atomic mass is 35.5. The summed E-state index contributed by atoms with van der Waals surface area (Å²) >= 11 is 5.94. The van der Waals surface area contributed by atoms with Crippen LogP contribution in [0.1, 0.15) is 16.7 Å². The molecule has 0 unspecified atom stereocenters. The van der Waals surface area contributed by atoms with Crippen LogP contribution < -0.4 is 0 Å². The molecule has 0 saturated heterocycles. The van der Waals surface area contributed by atoms with Crippen LogP contribution in [0, 0.1) is 25.8 Å². The number of rotatable bonds is 4. The Morgan fingerprint density at radius 3 is 1.63 bits per heavy atom. The molecule has 0 heterocycles. The maximum absolute atomic E-state index is 13.2. The van der Waals surface area contributed by atoms with E-state index in [4.69, 9.17) is 11.6 Å². The second-order valence-corrected chi connectivity index (χ2v) is 10.8. The molecule has 0 fully saturated rings. The van der Waals surface area contributed by atoms with Crippen molar-refractivity contribution >= 4 is 31.6 Å². The largest absolute Gasteiger partial charge is 0.284 e. The number of halogens is 1. The summed E-state index contributed by atoms with van der Waals surface area (Å²) in [6.45, 7) is 3.60. The number of sulfonamides is 2. The molecule has 154 valence electrons. The molecule has 0 amide bonds. The van der Waals surface area contributed by atoms with E-state index in [0.29, 0.717) is 10.6 Å². The third-order valence-corrected chi connectivity index (χ3v) is 8.39. The summed E-state index contributed by atoms with van der Waals surface area (Å²) < 4.78 is 53.2. The molecule has 0 bridgehead atoms. The fourth-order valence-corrected chi connectivity index (χ4v) is 5.95. The standard InChI is InChI=1S/C22H18ClNO4S2/c1-17-6-10-21(11-7-17)29(25,26)24(15-14-19-4-3-5-20(23)16-19)30(27,28)22-12-8-18(2)9-13-22/h3-13,16H,1-2H3. The highest BCUT2D eigenvalue weighted by Gasteiger charge is 2.34. The van der Waals surface area contributed by atoms with E-state index in [9.17, 15) is 16.8 Å². The van der Waals surface area contributed by atoms with E-state index < -0.39 is 20.0 Å². The van der Waals surface area contributed by atoms with Crippen molar-refractivity contribution in [1.29, 1.82) is 0 Å². The summed E-state index contributed by atoms with van der Waals surface area (Å²) in [5.41, 5.74) is 2.06. The van der Waals surface area contributed by atoms with Crippen molar-refractivity contribution in [3.8, 4) is 12.0 Å². The fraction of sp³-hybridized carbons (Fsp3) is 0.0909. The van der Waals surface area contributed by atoms with E-state index >= 15 is 0 Å². The summed E-state index contributed by atoms with van der Waals surface area (Å²) in [5, 5.41) is 0.399. The van der Waals surface area contributed by atoms with E-state index in [0.717, 1.165) is 11.1 Å². The first-order chi connectivity index (χ1) is 14.1. The number of hydrogen-bond acceptors (Lipinski definition) is 4. The van der Waals surface area contributed by atoms with Gasteiger partial charge in [-0.15, -0.1) is 3.71 Å². The van der Waals surface area contributed by atoms with Gasteiger partial charge in [0, 0.05) is 16.6 Å². The molecular formula is C22H18ClNO4S2. The van der Waals surface area contributed by atoms with Crippen LogP contribution in [0.4, 0.5) is 0 Å². The molecule has 8 heteroatoms. The van der Waals surface area contributed by atoms with Crippen molar-refractivity contribution in [2.75, 3.05) is 0 Å². The van der Waals surface area contributed by atoms with Crippen molar-refractivity contribution in [1.82, 2.24) is 3.71 Å². The normalized spacial score (nSPS) is 11.4. The van der Waals surface area contributed by atoms with E-state index in [1.807, 2.05) is 0 Å². The minimum absolute atomic E-state index is 0.177.